The number of aliphatic hydroxyl groups is 1. The molecule has 0 fully saturated rings. The average Bonchev–Trinajstić information content (AvgIpc) is 2.16. The first-order valence-corrected chi connectivity index (χ1v) is 4.74. The molecule has 3 nitrogen and oxygen atoms in total. The molecule has 0 unspecified atom stereocenters. The maximum Gasteiger partial charge on any atom is 0.155 e. The van der Waals surface area contributed by atoms with E-state index in [0.29, 0.717) is 6.54 Å². The Morgan fingerprint density at radius 2 is 1.93 bits per heavy atom. The molecule has 0 saturated heterocycles. The molecule has 0 aromatic heterocycles. The van der Waals surface area contributed by atoms with Crippen LogP contribution in [0.15, 0.2) is 30.3 Å². The summed E-state index contributed by atoms with van der Waals surface area (Å²) >= 11 is 0. The zero-order chi connectivity index (χ0) is 10.4. The standard InChI is InChI=1S/C11H17NO2/c1-11(2,12-8-9-13)14-10-6-4-3-5-7-10/h3-7,12-13H,8-9H2,1-2H3. The molecule has 0 bridgehead atoms. The molecule has 78 valence electrons. The topological polar surface area (TPSA) is 41.5 Å². The van der Waals surface area contributed by atoms with Crippen LogP contribution in [0.25, 0.3) is 0 Å². The van der Waals surface area contributed by atoms with Gasteiger partial charge in [0.1, 0.15) is 5.75 Å². The van der Waals surface area contributed by atoms with Crippen molar-refractivity contribution in [2.75, 3.05) is 13.2 Å². The van der Waals surface area contributed by atoms with E-state index in [0.717, 1.165) is 5.75 Å². The molecule has 3 heteroatoms. The molecule has 1 aromatic rings. The van der Waals surface area contributed by atoms with Crippen molar-refractivity contribution in [1.29, 1.82) is 0 Å². The van der Waals surface area contributed by atoms with E-state index in [1.807, 2.05) is 44.2 Å². The van der Waals surface area contributed by atoms with Crippen LogP contribution in [0.5, 0.6) is 5.75 Å². The van der Waals surface area contributed by atoms with E-state index in [1.54, 1.807) is 0 Å². The second kappa shape index (κ2) is 4.98. The monoisotopic (exact) mass is 195 g/mol. The summed E-state index contributed by atoms with van der Waals surface area (Å²) < 4.78 is 5.68. The van der Waals surface area contributed by atoms with Crippen LogP contribution in [0, 0.1) is 0 Å². The minimum absolute atomic E-state index is 0.113. The van der Waals surface area contributed by atoms with Crippen LogP contribution in [0.1, 0.15) is 13.8 Å². The van der Waals surface area contributed by atoms with Gasteiger partial charge in [-0.15, -0.1) is 0 Å². The fourth-order valence-electron chi connectivity index (χ4n) is 1.18. The Bertz CT molecular complexity index is 259. The van der Waals surface area contributed by atoms with Crippen molar-refractivity contribution in [2.24, 2.45) is 0 Å². The van der Waals surface area contributed by atoms with Gasteiger partial charge in [-0.25, -0.2) is 0 Å². The predicted molar refractivity (Wildman–Crippen MR) is 56.2 cm³/mol. The van der Waals surface area contributed by atoms with E-state index < -0.39 is 5.72 Å². The number of para-hydroxylation sites is 1. The zero-order valence-electron chi connectivity index (χ0n) is 8.66. The highest BCUT2D eigenvalue weighted by molar-refractivity contribution is 5.21. The Morgan fingerprint density at radius 1 is 1.29 bits per heavy atom. The number of ether oxygens (including phenoxy) is 1. The fraction of sp³-hybridized carbons (Fsp3) is 0.455. The summed E-state index contributed by atoms with van der Waals surface area (Å²) in [6, 6.07) is 9.61. The van der Waals surface area contributed by atoms with Gasteiger partial charge in [0.25, 0.3) is 0 Å². The van der Waals surface area contributed by atoms with Gasteiger partial charge in [-0.3, -0.25) is 5.32 Å². The van der Waals surface area contributed by atoms with Crippen molar-refractivity contribution >= 4 is 0 Å². The molecule has 0 saturated carbocycles. The molecule has 1 rings (SSSR count). The third kappa shape index (κ3) is 3.77. The molecule has 0 amide bonds. The van der Waals surface area contributed by atoms with Crippen LogP contribution in [0.3, 0.4) is 0 Å². The third-order valence-corrected chi connectivity index (χ3v) is 1.78. The number of nitrogens with one attached hydrogen (secondary N) is 1. The van der Waals surface area contributed by atoms with Gasteiger partial charge >= 0.3 is 0 Å². The Kier molecular flexibility index (Phi) is 3.92. The molecule has 0 spiro atoms. The highest BCUT2D eigenvalue weighted by Crippen LogP contribution is 2.15. The second-order valence-corrected chi connectivity index (χ2v) is 3.58. The van der Waals surface area contributed by atoms with Crippen molar-refractivity contribution in [3.05, 3.63) is 30.3 Å². The Morgan fingerprint density at radius 3 is 2.50 bits per heavy atom. The molecule has 14 heavy (non-hydrogen) atoms. The zero-order valence-corrected chi connectivity index (χ0v) is 8.66. The molecular weight excluding hydrogens is 178 g/mol. The molecule has 2 N–H and O–H groups in total. The predicted octanol–water partition coefficient (Wildman–Crippen LogP) is 1.38. The second-order valence-electron chi connectivity index (χ2n) is 3.58. The Labute approximate surface area is 84.7 Å². The lowest BCUT2D eigenvalue weighted by atomic mass is 10.3. The summed E-state index contributed by atoms with van der Waals surface area (Å²) in [5.74, 6) is 0.822. The van der Waals surface area contributed by atoms with Gasteiger partial charge in [0, 0.05) is 6.54 Å². The van der Waals surface area contributed by atoms with Crippen molar-refractivity contribution in [1.82, 2.24) is 5.32 Å². The maximum absolute atomic E-state index is 8.68. The summed E-state index contributed by atoms with van der Waals surface area (Å²) in [5.41, 5.74) is -0.454. The van der Waals surface area contributed by atoms with E-state index in [4.69, 9.17) is 9.84 Å². The average molecular weight is 195 g/mol. The Balaban J connectivity index is 2.50. The summed E-state index contributed by atoms with van der Waals surface area (Å²) in [5, 5.41) is 11.8. The van der Waals surface area contributed by atoms with Gasteiger partial charge in [0.15, 0.2) is 5.72 Å². The maximum atomic E-state index is 8.68. The van der Waals surface area contributed by atoms with Crippen molar-refractivity contribution in [3.63, 3.8) is 0 Å². The first kappa shape index (κ1) is 11.0. The fourth-order valence-corrected chi connectivity index (χ4v) is 1.18. The summed E-state index contributed by atoms with van der Waals surface area (Å²) in [7, 11) is 0. The largest absolute Gasteiger partial charge is 0.473 e. The van der Waals surface area contributed by atoms with Gasteiger partial charge in [0.2, 0.25) is 0 Å². The number of rotatable bonds is 5. The van der Waals surface area contributed by atoms with Crippen LogP contribution in [-0.4, -0.2) is 24.0 Å². The van der Waals surface area contributed by atoms with Crippen LogP contribution < -0.4 is 10.1 Å². The molecule has 1 aromatic carbocycles. The minimum Gasteiger partial charge on any atom is -0.473 e. The van der Waals surface area contributed by atoms with E-state index >= 15 is 0 Å². The molecular formula is C11H17NO2. The minimum atomic E-state index is -0.454. The number of benzene rings is 1. The molecule has 0 aliphatic rings. The van der Waals surface area contributed by atoms with Crippen LogP contribution in [0.2, 0.25) is 0 Å². The number of hydrogen-bond acceptors (Lipinski definition) is 3. The van der Waals surface area contributed by atoms with E-state index in [-0.39, 0.29) is 6.61 Å². The highest BCUT2D eigenvalue weighted by atomic mass is 16.5. The summed E-state index contributed by atoms with van der Waals surface area (Å²) in [4.78, 5) is 0. The smallest absolute Gasteiger partial charge is 0.155 e. The van der Waals surface area contributed by atoms with Gasteiger partial charge in [-0.2, -0.15) is 0 Å². The van der Waals surface area contributed by atoms with Gasteiger partial charge < -0.3 is 9.84 Å². The molecule has 0 atom stereocenters. The molecule has 0 aliphatic heterocycles. The molecule has 0 aliphatic carbocycles. The van der Waals surface area contributed by atoms with Crippen LogP contribution >= 0.6 is 0 Å². The highest BCUT2D eigenvalue weighted by Gasteiger charge is 2.17. The normalized spacial score (nSPS) is 11.4. The first-order valence-electron chi connectivity index (χ1n) is 4.74. The van der Waals surface area contributed by atoms with Crippen LogP contribution in [0.4, 0.5) is 0 Å². The van der Waals surface area contributed by atoms with Gasteiger partial charge in [-0.05, 0) is 26.0 Å². The summed E-state index contributed by atoms with van der Waals surface area (Å²) in [6.07, 6.45) is 0. The first-order chi connectivity index (χ1) is 6.64. The quantitative estimate of drug-likeness (QED) is 0.697. The van der Waals surface area contributed by atoms with Gasteiger partial charge in [0.05, 0.1) is 6.61 Å². The van der Waals surface area contributed by atoms with Crippen molar-refractivity contribution < 1.29 is 9.84 Å². The molecule has 0 radical (unpaired) electrons. The van der Waals surface area contributed by atoms with E-state index in [1.165, 1.54) is 0 Å². The summed E-state index contributed by atoms with van der Waals surface area (Å²) in [6.45, 7) is 4.49. The Hall–Kier alpha value is -1.06. The lowest BCUT2D eigenvalue weighted by molar-refractivity contribution is 0.0657. The van der Waals surface area contributed by atoms with Crippen LogP contribution in [-0.2, 0) is 0 Å². The van der Waals surface area contributed by atoms with Gasteiger partial charge in [-0.1, -0.05) is 18.2 Å². The number of aliphatic hydroxyl groups excluding tert-OH is 1. The SMILES string of the molecule is CC(C)(NCCO)Oc1ccccc1. The molecule has 0 heterocycles. The van der Waals surface area contributed by atoms with Crippen molar-refractivity contribution in [2.45, 2.75) is 19.6 Å². The number of hydrogen-bond donors (Lipinski definition) is 2. The lowest BCUT2D eigenvalue weighted by Gasteiger charge is -2.27. The lowest BCUT2D eigenvalue weighted by Crippen LogP contribution is -2.45. The third-order valence-electron chi connectivity index (χ3n) is 1.78. The van der Waals surface area contributed by atoms with E-state index in [9.17, 15) is 0 Å². The van der Waals surface area contributed by atoms with Crippen molar-refractivity contribution in [3.8, 4) is 5.75 Å². The van der Waals surface area contributed by atoms with E-state index in [2.05, 4.69) is 5.32 Å².